The van der Waals surface area contributed by atoms with Gasteiger partial charge >= 0.3 is 0 Å². The predicted molar refractivity (Wildman–Crippen MR) is 112 cm³/mol. The highest BCUT2D eigenvalue weighted by Gasteiger charge is 2.19. The van der Waals surface area contributed by atoms with Crippen molar-refractivity contribution in [3.8, 4) is 22.7 Å². The fourth-order valence-corrected chi connectivity index (χ4v) is 3.40. The van der Waals surface area contributed by atoms with Crippen molar-refractivity contribution in [3.05, 3.63) is 96.1 Å². The quantitative estimate of drug-likeness (QED) is 0.508. The zero-order chi connectivity index (χ0) is 20.2. The summed E-state index contributed by atoms with van der Waals surface area (Å²) >= 11 is 0. The number of methoxy groups -OCH3 is 1. The molecule has 0 aliphatic carbocycles. The van der Waals surface area contributed by atoms with E-state index in [9.17, 15) is 4.79 Å². The minimum Gasteiger partial charge on any atom is -0.497 e. The molecule has 2 aromatic heterocycles. The first-order valence-electron chi connectivity index (χ1n) is 9.40. The summed E-state index contributed by atoms with van der Waals surface area (Å²) in [5, 5.41) is 2.94. The van der Waals surface area contributed by atoms with Crippen molar-refractivity contribution in [1.82, 2.24) is 9.88 Å². The number of benzene rings is 2. The number of furan rings is 1. The van der Waals surface area contributed by atoms with Crippen LogP contribution in [0.15, 0.2) is 83.5 Å². The Morgan fingerprint density at radius 1 is 1.03 bits per heavy atom. The molecule has 0 aliphatic rings. The Bertz CT molecular complexity index is 1100. The fourth-order valence-electron chi connectivity index (χ4n) is 3.40. The SMILES string of the molecule is COc1ccc(-c2cc(C(=O)NCc3ccco3)c(C)n2-c2ccccc2)cc1. The average molecular weight is 386 g/mol. The van der Waals surface area contributed by atoms with E-state index in [4.69, 9.17) is 9.15 Å². The Hall–Kier alpha value is -3.73. The lowest BCUT2D eigenvalue weighted by molar-refractivity contribution is 0.0947. The molecule has 1 amide bonds. The highest BCUT2D eigenvalue weighted by molar-refractivity contribution is 5.97. The molecule has 0 saturated carbocycles. The number of para-hydroxylation sites is 1. The molecule has 2 aromatic carbocycles. The van der Waals surface area contributed by atoms with Gasteiger partial charge in [0.2, 0.25) is 0 Å². The van der Waals surface area contributed by atoms with Crippen LogP contribution < -0.4 is 10.1 Å². The largest absolute Gasteiger partial charge is 0.497 e. The van der Waals surface area contributed by atoms with Gasteiger partial charge in [-0.15, -0.1) is 0 Å². The molecule has 5 nitrogen and oxygen atoms in total. The minimum atomic E-state index is -0.136. The summed E-state index contributed by atoms with van der Waals surface area (Å²) in [6.07, 6.45) is 1.60. The molecule has 1 N–H and O–H groups in total. The second-order valence-corrected chi connectivity index (χ2v) is 6.69. The normalized spacial score (nSPS) is 10.7. The van der Waals surface area contributed by atoms with Crippen LogP contribution in [0, 0.1) is 6.92 Å². The summed E-state index contributed by atoms with van der Waals surface area (Å²) in [7, 11) is 1.65. The van der Waals surface area contributed by atoms with Crippen LogP contribution in [0.1, 0.15) is 21.8 Å². The highest BCUT2D eigenvalue weighted by Crippen LogP contribution is 2.30. The van der Waals surface area contributed by atoms with E-state index in [1.807, 2.05) is 73.7 Å². The first kappa shape index (κ1) is 18.6. The van der Waals surface area contributed by atoms with Gasteiger partial charge < -0.3 is 19.0 Å². The maximum atomic E-state index is 12.9. The van der Waals surface area contributed by atoms with Gasteiger partial charge in [0.05, 0.1) is 31.2 Å². The summed E-state index contributed by atoms with van der Waals surface area (Å²) in [5.41, 5.74) is 4.45. The molecular formula is C24H22N2O3. The standard InChI is InChI=1S/C24H22N2O3/c1-17-22(24(27)25-16-21-9-6-14-29-21)15-23(18-10-12-20(28-2)13-11-18)26(17)19-7-4-3-5-8-19/h3-15H,16H2,1-2H3,(H,25,27). The molecule has 0 atom stereocenters. The van der Waals surface area contributed by atoms with Crippen LogP contribution >= 0.6 is 0 Å². The van der Waals surface area contributed by atoms with Crippen molar-refractivity contribution in [2.45, 2.75) is 13.5 Å². The molecule has 0 saturated heterocycles. The molecule has 0 spiro atoms. The third kappa shape index (κ3) is 3.80. The molecule has 0 fully saturated rings. The third-order valence-electron chi connectivity index (χ3n) is 4.90. The van der Waals surface area contributed by atoms with Crippen LogP contribution in [0.25, 0.3) is 16.9 Å². The lowest BCUT2D eigenvalue weighted by Crippen LogP contribution is -2.23. The van der Waals surface area contributed by atoms with E-state index in [2.05, 4.69) is 9.88 Å². The van der Waals surface area contributed by atoms with Gasteiger partial charge in [-0.3, -0.25) is 4.79 Å². The van der Waals surface area contributed by atoms with Crippen LogP contribution in [0.5, 0.6) is 5.75 Å². The minimum absolute atomic E-state index is 0.136. The Balaban J connectivity index is 1.74. The number of carbonyl (C=O) groups is 1. The maximum absolute atomic E-state index is 12.9. The molecule has 0 aliphatic heterocycles. The molecule has 29 heavy (non-hydrogen) atoms. The van der Waals surface area contributed by atoms with Gasteiger partial charge in [-0.05, 0) is 67.1 Å². The van der Waals surface area contributed by atoms with Gasteiger partial charge in [-0.1, -0.05) is 18.2 Å². The van der Waals surface area contributed by atoms with Gasteiger partial charge in [-0.25, -0.2) is 0 Å². The van der Waals surface area contributed by atoms with Crippen LogP contribution in [0.4, 0.5) is 0 Å². The van der Waals surface area contributed by atoms with E-state index in [0.29, 0.717) is 17.9 Å². The number of rotatable bonds is 6. The maximum Gasteiger partial charge on any atom is 0.253 e. The van der Waals surface area contributed by atoms with Crippen LogP contribution in [0.2, 0.25) is 0 Å². The van der Waals surface area contributed by atoms with E-state index in [1.165, 1.54) is 0 Å². The number of nitrogens with zero attached hydrogens (tertiary/aromatic N) is 1. The summed E-state index contributed by atoms with van der Waals surface area (Å²) in [4.78, 5) is 12.9. The number of ether oxygens (including phenoxy) is 1. The van der Waals surface area contributed by atoms with E-state index >= 15 is 0 Å². The second-order valence-electron chi connectivity index (χ2n) is 6.69. The van der Waals surface area contributed by atoms with Gasteiger partial charge in [-0.2, -0.15) is 0 Å². The smallest absolute Gasteiger partial charge is 0.253 e. The van der Waals surface area contributed by atoms with Gasteiger partial charge in [0, 0.05) is 11.4 Å². The molecule has 0 radical (unpaired) electrons. The Morgan fingerprint density at radius 3 is 2.45 bits per heavy atom. The predicted octanol–water partition coefficient (Wildman–Crippen LogP) is 4.98. The summed E-state index contributed by atoms with van der Waals surface area (Å²) < 4.78 is 12.7. The lowest BCUT2D eigenvalue weighted by Gasteiger charge is -2.12. The number of hydrogen-bond acceptors (Lipinski definition) is 3. The van der Waals surface area contributed by atoms with Gasteiger partial charge in [0.15, 0.2) is 0 Å². The molecule has 4 aromatic rings. The molecule has 0 unspecified atom stereocenters. The Morgan fingerprint density at radius 2 is 1.79 bits per heavy atom. The molecule has 5 heteroatoms. The average Bonchev–Trinajstić information content (AvgIpc) is 3.40. The van der Waals surface area contributed by atoms with E-state index in [1.54, 1.807) is 19.4 Å². The molecular weight excluding hydrogens is 364 g/mol. The van der Waals surface area contributed by atoms with Crippen molar-refractivity contribution in [2.75, 3.05) is 7.11 Å². The topological polar surface area (TPSA) is 56.4 Å². The zero-order valence-corrected chi connectivity index (χ0v) is 16.4. The monoisotopic (exact) mass is 386 g/mol. The van der Waals surface area contributed by atoms with Gasteiger partial charge in [0.1, 0.15) is 11.5 Å². The fraction of sp³-hybridized carbons (Fsp3) is 0.125. The molecule has 2 heterocycles. The molecule has 0 bridgehead atoms. The van der Waals surface area contributed by atoms with Crippen LogP contribution in [-0.4, -0.2) is 17.6 Å². The van der Waals surface area contributed by atoms with E-state index < -0.39 is 0 Å². The van der Waals surface area contributed by atoms with Crippen molar-refractivity contribution in [3.63, 3.8) is 0 Å². The summed E-state index contributed by atoms with van der Waals surface area (Å²) in [6, 6.07) is 23.4. The summed E-state index contributed by atoms with van der Waals surface area (Å²) in [6.45, 7) is 2.31. The number of carbonyl (C=O) groups excluding carboxylic acids is 1. The van der Waals surface area contributed by atoms with Crippen molar-refractivity contribution in [1.29, 1.82) is 0 Å². The highest BCUT2D eigenvalue weighted by atomic mass is 16.5. The third-order valence-corrected chi connectivity index (χ3v) is 4.90. The Labute approximate surface area is 169 Å². The van der Waals surface area contributed by atoms with E-state index in [0.717, 1.165) is 28.4 Å². The molecule has 146 valence electrons. The van der Waals surface area contributed by atoms with Crippen LogP contribution in [-0.2, 0) is 6.54 Å². The Kier molecular flexibility index (Phi) is 5.20. The number of aromatic nitrogens is 1. The number of nitrogens with one attached hydrogen (secondary N) is 1. The first-order chi connectivity index (χ1) is 14.2. The van der Waals surface area contributed by atoms with Crippen molar-refractivity contribution in [2.24, 2.45) is 0 Å². The first-order valence-corrected chi connectivity index (χ1v) is 9.40. The van der Waals surface area contributed by atoms with Gasteiger partial charge in [0.25, 0.3) is 5.91 Å². The number of hydrogen-bond donors (Lipinski definition) is 1. The second kappa shape index (κ2) is 8.10. The number of amides is 1. The van der Waals surface area contributed by atoms with Crippen LogP contribution in [0.3, 0.4) is 0 Å². The lowest BCUT2D eigenvalue weighted by atomic mass is 10.1. The van der Waals surface area contributed by atoms with Crippen molar-refractivity contribution < 1.29 is 13.9 Å². The van der Waals surface area contributed by atoms with E-state index in [-0.39, 0.29) is 5.91 Å². The summed E-state index contributed by atoms with van der Waals surface area (Å²) in [5.74, 6) is 1.37. The molecule has 4 rings (SSSR count). The van der Waals surface area contributed by atoms with Crippen molar-refractivity contribution >= 4 is 5.91 Å². The zero-order valence-electron chi connectivity index (χ0n) is 16.4.